The van der Waals surface area contributed by atoms with E-state index in [1.165, 1.54) is 32.4 Å². The summed E-state index contributed by atoms with van der Waals surface area (Å²) in [5.41, 5.74) is 0. The van der Waals surface area contributed by atoms with Gasteiger partial charge in [0.2, 0.25) is 5.91 Å². The molecule has 1 N–H and O–H groups in total. The van der Waals surface area contributed by atoms with E-state index in [0.717, 1.165) is 39.0 Å². The first-order valence-electron chi connectivity index (χ1n) is 8.57. The van der Waals surface area contributed by atoms with E-state index in [1.54, 1.807) is 0 Å². The molecule has 1 amide bonds. The minimum atomic E-state index is 0.214. The van der Waals surface area contributed by atoms with E-state index in [1.807, 2.05) is 0 Å². The van der Waals surface area contributed by atoms with Gasteiger partial charge >= 0.3 is 0 Å². The molecule has 2 aliphatic heterocycles. The highest BCUT2D eigenvalue weighted by atomic mass is 16.5. The van der Waals surface area contributed by atoms with Crippen LogP contribution in [0.3, 0.4) is 0 Å². The monoisotopic (exact) mass is 292 g/mol. The van der Waals surface area contributed by atoms with Crippen molar-refractivity contribution in [3.63, 3.8) is 0 Å². The Hall–Kier alpha value is -0.870. The number of nitrogens with one attached hydrogen (secondary N) is 1. The van der Waals surface area contributed by atoms with Crippen molar-refractivity contribution in [3.05, 3.63) is 12.2 Å². The third-order valence-corrected chi connectivity index (χ3v) is 5.28. The number of rotatable bonds is 4. The van der Waals surface area contributed by atoms with Crippen LogP contribution in [0.15, 0.2) is 12.2 Å². The maximum Gasteiger partial charge on any atom is 0.223 e. The molecule has 0 aromatic heterocycles. The van der Waals surface area contributed by atoms with E-state index in [4.69, 9.17) is 4.74 Å². The molecule has 0 bridgehead atoms. The first kappa shape index (κ1) is 15.0. The lowest BCUT2D eigenvalue weighted by atomic mass is 9.92. The third-order valence-electron chi connectivity index (χ3n) is 5.28. The highest BCUT2D eigenvalue weighted by molar-refractivity contribution is 5.78. The van der Waals surface area contributed by atoms with Crippen LogP contribution in [0.1, 0.15) is 38.5 Å². The fraction of sp³-hybridized carbons (Fsp3) is 0.824. The summed E-state index contributed by atoms with van der Waals surface area (Å²) in [5.74, 6) is 1.14. The predicted molar refractivity (Wildman–Crippen MR) is 83.0 cm³/mol. The van der Waals surface area contributed by atoms with Crippen LogP contribution >= 0.6 is 0 Å². The zero-order valence-corrected chi connectivity index (χ0v) is 12.9. The molecule has 0 radical (unpaired) electrons. The summed E-state index contributed by atoms with van der Waals surface area (Å²) in [6.45, 7) is 5.04. The fourth-order valence-electron chi connectivity index (χ4n) is 3.75. The van der Waals surface area contributed by atoms with Crippen LogP contribution in [0.5, 0.6) is 0 Å². The van der Waals surface area contributed by atoms with E-state index in [2.05, 4.69) is 22.4 Å². The van der Waals surface area contributed by atoms with Gasteiger partial charge in [0.1, 0.15) is 0 Å². The molecule has 2 saturated heterocycles. The number of carbonyl (C=O) groups is 1. The van der Waals surface area contributed by atoms with Crippen LogP contribution in [0, 0.1) is 11.8 Å². The van der Waals surface area contributed by atoms with Gasteiger partial charge in [0.25, 0.3) is 0 Å². The second kappa shape index (κ2) is 7.41. The molecule has 4 nitrogen and oxygen atoms in total. The maximum absolute atomic E-state index is 12.1. The summed E-state index contributed by atoms with van der Waals surface area (Å²) in [7, 11) is 0. The van der Waals surface area contributed by atoms with Gasteiger partial charge in [0.15, 0.2) is 0 Å². The number of likely N-dealkylation sites (tertiary alicyclic amines) is 1. The molecular weight excluding hydrogens is 264 g/mol. The molecule has 0 unspecified atom stereocenters. The van der Waals surface area contributed by atoms with Crippen LogP contribution < -0.4 is 5.32 Å². The Morgan fingerprint density at radius 2 is 2.05 bits per heavy atom. The molecule has 3 aliphatic rings. The summed E-state index contributed by atoms with van der Waals surface area (Å²) < 4.78 is 5.48. The molecule has 4 heteroatoms. The highest BCUT2D eigenvalue weighted by Gasteiger charge is 2.28. The molecule has 0 aromatic rings. The van der Waals surface area contributed by atoms with Gasteiger partial charge in [-0.05, 0) is 57.5 Å². The topological polar surface area (TPSA) is 41.6 Å². The Morgan fingerprint density at radius 1 is 1.19 bits per heavy atom. The van der Waals surface area contributed by atoms with Gasteiger partial charge < -0.3 is 10.1 Å². The quantitative estimate of drug-likeness (QED) is 0.805. The van der Waals surface area contributed by atoms with Gasteiger partial charge in [-0.1, -0.05) is 12.2 Å². The number of carbonyl (C=O) groups excluding carboxylic acids is 1. The summed E-state index contributed by atoms with van der Waals surface area (Å²) in [6.07, 6.45) is 10.9. The summed E-state index contributed by atoms with van der Waals surface area (Å²) in [6, 6.07) is 0.648. The van der Waals surface area contributed by atoms with Crippen molar-refractivity contribution in [2.45, 2.75) is 44.6 Å². The van der Waals surface area contributed by atoms with Gasteiger partial charge in [-0.25, -0.2) is 0 Å². The molecule has 2 fully saturated rings. The van der Waals surface area contributed by atoms with E-state index in [0.29, 0.717) is 12.0 Å². The number of amides is 1. The Balaban J connectivity index is 1.35. The van der Waals surface area contributed by atoms with E-state index >= 15 is 0 Å². The van der Waals surface area contributed by atoms with Gasteiger partial charge in [-0.15, -0.1) is 0 Å². The zero-order chi connectivity index (χ0) is 14.5. The van der Waals surface area contributed by atoms with Crippen molar-refractivity contribution in [1.29, 1.82) is 0 Å². The Bertz CT molecular complexity index is 369. The Kier molecular flexibility index (Phi) is 5.31. The van der Waals surface area contributed by atoms with Gasteiger partial charge in [0.05, 0.1) is 6.61 Å². The van der Waals surface area contributed by atoms with Crippen molar-refractivity contribution < 1.29 is 9.53 Å². The van der Waals surface area contributed by atoms with Crippen LogP contribution in [-0.2, 0) is 9.53 Å². The molecule has 2 atom stereocenters. The van der Waals surface area contributed by atoms with E-state index < -0.39 is 0 Å². The Morgan fingerprint density at radius 3 is 2.71 bits per heavy atom. The first-order valence-corrected chi connectivity index (χ1v) is 8.57. The number of hydrogen-bond donors (Lipinski definition) is 1. The zero-order valence-electron chi connectivity index (χ0n) is 12.9. The first-order chi connectivity index (χ1) is 10.3. The van der Waals surface area contributed by atoms with Crippen molar-refractivity contribution in [2.75, 3.05) is 32.8 Å². The normalized spacial score (nSPS) is 31.4. The third kappa shape index (κ3) is 4.07. The number of hydrogen-bond acceptors (Lipinski definition) is 3. The fourth-order valence-corrected chi connectivity index (χ4v) is 3.75. The summed E-state index contributed by atoms with van der Waals surface area (Å²) in [4.78, 5) is 14.7. The predicted octanol–water partition coefficient (Wildman–Crippen LogP) is 1.96. The summed E-state index contributed by atoms with van der Waals surface area (Å²) >= 11 is 0. The average Bonchev–Trinajstić information content (AvgIpc) is 3.08. The molecule has 3 rings (SSSR count). The van der Waals surface area contributed by atoms with E-state index in [-0.39, 0.29) is 11.8 Å². The lowest BCUT2D eigenvalue weighted by molar-refractivity contribution is -0.125. The molecule has 0 aromatic carbocycles. The Labute approximate surface area is 127 Å². The van der Waals surface area contributed by atoms with Crippen LogP contribution in [-0.4, -0.2) is 49.7 Å². The van der Waals surface area contributed by atoms with Crippen LogP contribution in [0.25, 0.3) is 0 Å². The van der Waals surface area contributed by atoms with Crippen LogP contribution in [0.4, 0.5) is 0 Å². The van der Waals surface area contributed by atoms with Crippen molar-refractivity contribution in [2.24, 2.45) is 11.8 Å². The standard InChI is InChI=1S/C17H28N2O2/c20-17(15-4-2-1-3-5-15)18-12-14-6-9-19(10-7-14)16-8-11-21-13-16/h1-2,14-16H,3-13H2,(H,18,20)/t15-,16-/m1/s1. The maximum atomic E-state index is 12.1. The highest BCUT2D eigenvalue weighted by Crippen LogP contribution is 2.22. The number of allylic oxidation sites excluding steroid dienone is 2. The second-order valence-corrected chi connectivity index (χ2v) is 6.72. The minimum Gasteiger partial charge on any atom is -0.380 e. The van der Waals surface area contributed by atoms with Crippen molar-refractivity contribution in [1.82, 2.24) is 10.2 Å². The van der Waals surface area contributed by atoms with Crippen LogP contribution in [0.2, 0.25) is 0 Å². The summed E-state index contributed by atoms with van der Waals surface area (Å²) in [5, 5.41) is 3.19. The molecular formula is C17H28N2O2. The van der Waals surface area contributed by atoms with E-state index in [9.17, 15) is 4.79 Å². The van der Waals surface area contributed by atoms with Crippen molar-refractivity contribution in [3.8, 4) is 0 Å². The van der Waals surface area contributed by atoms with Gasteiger partial charge in [-0.2, -0.15) is 0 Å². The number of nitrogens with zero attached hydrogens (tertiary/aromatic N) is 1. The smallest absolute Gasteiger partial charge is 0.223 e. The molecule has 0 saturated carbocycles. The molecule has 2 heterocycles. The lowest BCUT2D eigenvalue weighted by Crippen LogP contribution is -2.44. The molecule has 0 spiro atoms. The second-order valence-electron chi connectivity index (χ2n) is 6.72. The lowest BCUT2D eigenvalue weighted by Gasteiger charge is -2.35. The van der Waals surface area contributed by atoms with Crippen molar-refractivity contribution >= 4 is 5.91 Å². The largest absolute Gasteiger partial charge is 0.380 e. The number of piperidine rings is 1. The molecule has 118 valence electrons. The SMILES string of the molecule is O=C(NCC1CCN([C@@H]2CCOC2)CC1)[C@@H]1CC=CCC1. The average molecular weight is 292 g/mol. The molecule has 21 heavy (non-hydrogen) atoms. The number of ether oxygens (including phenoxy) is 1. The minimum absolute atomic E-state index is 0.214. The molecule has 1 aliphatic carbocycles. The van der Waals surface area contributed by atoms with Gasteiger partial charge in [0, 0.05) is 25.1 Å². The van der Waals surface area contributed by atoms with Gasteiger partial charge in [-0.3, -0.25) is 9.69 Å².